The van der Waals surface area contributed by atoms with Gasteiger partial charge in [0.2, 0.25) is 0 Å². The van der Waals surface area contributed by atoms with Crippen LogP contribution in [-0.4, -0.2) is 87.5 Å². The molecule has 0 unspecified atom stereocenters. The van der Waals surface area contributed by atoms with Crippen molar-refractivity contribution in [2.45, 2.75) is 31.0 Å². The molecule has 0 radical (unpaired) electrons. The molecule has 0 spiro atoms. The molecule has 0 amide bonds. The second-order valence-corrected chi connectivity index (χ2v) is 4.97. The summed E-state index contributed by atoms with van der Waals surface area (Å²) < 4.78 is 0. The number of carboxylic acid groups (broad SMARTS) is 4. The van der Waals surface area contributed by atoms with E-state index in [1.165, 1.54) is 7.05 Å². The molecular weight excluding hydrogens is 314 g/mol. The predicted octanol–water partition coefficient (Wildman–Crippen LogP) is -2.31. The summed E-state index contributed by atoms with van der Waals surface area (Å²) in [7, 11) is 1.29. The van der Waals surface area contributed by atoms with Gasteiger partial charge in [-0.1, -0.05) is 0 Å². The van der Waals surface area contributed by atoms with Crippen molar-refractivity contribution in [2.24, 2.45) is 5.73 Å². The minimum atomic E-state index is -1.38. The van der Waals surface area contributed by atoms with Crippen LogP contribution < -0.4 is 11.1 Å². The lowest BCUT2D eigenvalue weighted by atomic mass is 10.1. The van der Waals surface area contributed by atoms with Crippen molar-refractivity contribution in [2.75, 3.05) is 20.1 Å². The van der Waals surface area contributed by atoms with Crippen molar-refractivity contribution in [3.63, 3.8) is 0 Å². The minimum absolute atomic E-state index is 0.00502. The van der Waals surface area contributed by atoms with Gasteiger partial charge >= 0.3 is 23.9 Å². The van der Waals surface area contributed by atoms with Gasteiger partial charge in [0.1, 0.15) is 18.1 Å². The molecule has 0 fully saturated rings. The maximum absolute atomic E-state index is 11.2. The largest absolute Gasteiger partial charge is 0.481 e. The topological polar surface area (TPSA) is 190 Å². The standard InChI is InChI=1S/C12H21N3O8/c1-15(8(12(22)23)4-9(16)17)5-7(11(20)21)14-3-2-6(13)10(18)19/h6-8,14H,2-5,13H2,1H3,(H,16,17)(H,18,19)(H,20,21)(H,22,23)/t6-,7+,8+/m1/s1. The number of nitrogens with zero attached hydrogens (tertiary/aromatic N) is 1. The van der Waals surface area contributed by atoms with E-state index >= 15 is 0 Å². The highest BCUT2D eigenvalue weighted by Gasteiger charge is 2.29. The van der Waals surface area contributed by atoms with Gasteiger partial charge in [-0.2, -0.15) is 0 Å². The fourth-order valence-corrected chi connectivity index (χ4v) is 1.78. The smallest absolute Gasteiger partial charge is 0.322 e. The van der Waals surface area contributed by atoms with Gasteiger partial charge in [-0.15, -0.1) is 0 Å². The third-order valence-electron chi connectivity index (χ3n) is 3.12. The average molecular weight is 335 g/mol. The summed E-state index contributed by atoms with van der Waals surface area (Å²) in [5.41, 5.74) is 5.28. The van der Waals surface area contributed by atoms with E-state index in [-0.39, 0.29) is 19.5 Å². The Bertz CT molecular complexity index is 456. The lowest BCUT2D eigenvalue weighted by Gasteiger charge is -2.26. The molecule has 0 aromatic carbocycles. The predicted molar refractivity (Wildman–Crippen MR) is 76.0 cm³/mol. The lowest BCUT2D eigenvalue weighted by molar-refractivity contribution is -0.150. The van der Waals surface area contributed by atoms with E-state index < -0.39 is 48.4 Å². The van der Waals surface area contributed by atoms with Crippen LogP contribution in [0.15, 0.2) is 0 Å². The van der Waals surface area contributed by atoms with Crippen LogP contribution in [0.3, 0.4) is 0 Å². The van der Waals surface area contributed by atoms with Gasteiger partial charge in [0.05, 0.1) is 6.42 Å². The zero-order valence-electron chi connectivity index (χ0n) is 12.5. The third kappa shape index (κ3) is 8.09. The first-order valence-corrected chi connectivity index (χ1v) is 6.65. The maximum atomic E-state index is 11.2. The van der Waals surface area contributed by atoms with Crippen LogP contribution in [0.25, 0.3) is 0 Å². The SMILES string of the molecule is CN(C[C@H](NCC[C@@H](N)C(=O)O)C(=O)O)[C@@H](CC(=O)O)C(=O)O. The fourth-order valence-electron chi connectivity index (χ4n) is 1.78. The average Bonchev–Trinajstić information content (AvgIpc) is 2.42. The summed E-state index contributed by atoms with van der Waals surface area (Å²) in [5, 5.41) is 38.0. The molecule has 0 bridgehead atoms. The number of rotatable bonds is 12. The van der Waals surface area contributed by atoms with E-state index in [4.69, 9.17) is 26.2 Å². The molecule has 23 heavy (non-hydrogen) atoms. The van der Waals surface area contributed by atoms with Crippen LogP contribution in [0.1, 0.15) is 12.8 Å². The quantitative estimate of drug-likeness (QED) is 0.224. The molecule has 0 aromatic rings. The Morgan fingerprint density at radius 1 is 1.04 bits per heavy atom. The normalized spacial score (nSPS) is 14.9. The first kappa shape index (κ1) is 20.8. The molecule has 0 rings (SSSR count). The number of hydrogen-bond donors (Lipinski definition) is 6. The van der Waals surface area contributed by atoms with Gasteiger partial charge in [-0.25, -0.2) is 0 Å². The van der Waals surface area contributed by atoms with E-state index in [2.05, 4.69) is 5.32 Å². The second-order valence-electron chi connectivity index (χ2n) is 4.97. The van der Waals surface area contributed by atoms with Gasteiger partial charge in [0, 0.05) is 6.54 Å². The Hall–Kier alpha value is -2.24. The molecule has 0 heterocycles. The van der Waals surface area contributed by atoms with Crippen LogP contribution >= 0.6 is 0 Å². The molecule has 0 saturated heterocycles. The Morgan fingerprint density at radius 2 is 1.61 bits per heavy atom. The maximum Gasteiger partial charge on any atom is 0.322 e. The van der Waals surface area contributed by atoms with Crippen LogP contribution in [0.5, 0.6) is 0 Å². The number of hydrogen-bond acceptors (Lipinski definition) is 7. The van der Waals surface area contributed by atoms with Crippen molar-refractivity contribution >= 4 is 23.9 Å². The molecule has 0 aromatic heterocycles. The molecule has 0 aliphatic rings. The first-order valence-electron chi connectivity index (χ1n) is 6.65. The van der Waals surface area contributed by atoms with Crippen molar-refractivity contribution in [3.05, 3.63) is 0 Å². The molecule has 7 N–H and O–H groups in total. The zero-order valence-corrected chi connectivity index (χ0v) is 12.5. The highest BCUT2D eigenvalue weighted by molar-refractivity contribution is 5.80. The Kier molecular flexibility index (Phi) is 8.77. The van der Waals surface area contributed by atoms with Crippen molar-refractivity contribution < 1.29 is 39.6 Å². The summed E-state index contributed by atoms with van der Waals surface area (Å²) in [6.07, 6.45) is -0.692. The number of aliphatic carboxylic acids is 4. The van der Waals surface area contributed by atoms with Gasteiger partial charge in [-0.05, 0) is 20.0 Å². The van der Waals surface area contributed by atoms with Crippen LogP contribution in [-0.2, 0) is 19.2 Å². The van der Waals surface area contributed by atoms with Crippen molar-refractivity contribution in [1.82, 2.24) is 10.2 Å². The van der Waals surface area contributed by atoms with Crippen LogP contribution in [0.2, 0.25) is 0 Å². The monoisotopic (exact) mass is 335 g/mol. The summed E-state index contributed by atoms with van der Waals surface area (Å²) in [4.78, 5) is 44.5. The highest BCUT2D eigenvalue weighted by atomic mass is 16.4. The summed E-state index contributed by atoms with van der Waals surface area (Å²) in [6, 6.07) is -3.72. The zero-order chi connectivity index (χ0) is 18.2. The van der Waals surface area contributed by atoms with Crippen molar-refractivity contribution in [3.8, 4) is 0 Å². The minimum Gasteiger partial charge on any atom is -0.481 e. The molecule has 11 nitrogen and oxygen atoms in total. The molecular formula is C12H21N3O8. The van der Waals surface area contributed by atoms with E-state index in [0.29, 0.717) is 0 Å². The van der Waals surface area contributed by atoms with E-state index in [1.54, 1.807) is 0 Å². The Morgan fingerprint density at radius 3 is 2.00 bits per heavy atom. The molecule has 132 valence electrons. The molecule has 0 aliphatic heterocycles. The number of likely N-dealkylation sites (N-methyl/N-ethyl adjacent to an activating group) is 1. The van der Waals surface area contributed by atoms with E-state index in [9.17, 15) is 19.2 Å². The number of nitrogens with one attached hydrogen (secondary N) is 1. The molecule has 0 saturated carbocycles. The van der Waals surface area contributed by atoms with Gasteiger partial charge < -0.3 is 31.5 Å². The van der Waals surface area contributed by atoms with Gasteiger partial charge in [0.25, 0.3) is 0 Å². The van der Waals surface area contributed by atoms with Crippen molar-refractivity contribution in [1.29, 1.82) is 0 Å². The highest BCUT2D eigenvalue weighted by Crippen LogP contribution is 2.04. The van der Waals surface area contributed by atoms with E-state index in [0.717, 1.165) is 4.90 Å². The molecule has 11 heteroatoms. The van der Waals surface area contributed by atoms with Crippen LogP contribution in [0, 0.1) is 0 Å². The molecule has 3 atom stereocenters. The first-order chi connectivity index (χ1) is 10.6. The summed E-state index contributed by atoms with van der Waals surface area (Å²) >= 11 is 0. The third-order valence-corrected chi connectivity index (χ3v) is 3.12. The molecule has 0 aliphatic carbocycles. The Labute approximate surface area is 131 Å². The van der Waals surface area contributed by atoms with E-state index in [1.807, 2.05) is 0 Å². The fraction of sp³-hybridized carbons (Fsp3) is 0.667. The Balaban J connectivity index is 4.66. The number of carboxylic acids is 4. The van der Waals surface area contributed by atoms with Crippen LogP contribution in [0.4, 0.5) is 0 Å². The number of nitrogens with two attached hydrogens (primary N) is 1. The lowest BCUT2D eigenvalue weighted by Crippen LogP contribution is -2.51. The number of carbonyl (C=O) groups is 4. The summed E-state index contributed by atoms with van der Waals surface area (Å²) in [6.45, 7) is -0.281. The second kappa shape index (κ2) is 9.71. The summed E-state index contributed by atoms with van der Waals surface area (Å²) in [5.74, 6) is -5.20. The van der Waals surface area contributed by atoms with Gasteiger partial charge in [0.15, 0.2) is 0 Å². The van der Waals surface area contributed by atoms with Gasteiger partial charge in [-0.3, -0.25) is 24.1 Å².